The Labute approximate surface area is 83.7 Å². The van der Waals surface area contributed by atoms with Crippen LogP contribution < -0.4 is 11.1 Å². The van der Waals surface area contributed by atoms with Crippen molar-refractivity contribution in [3.8, 4) is 0 Å². The van der Waals surface area contributed by atoms with E-state index in [1.807, 2.05) is 12.1 Å². The minimum atomic E-state index is 0.487. The molecule has 0 aromatic carbocycles. The molecular formula is C11H13N3. The van der Waals surface area contributed by atoms with Gasteiger partial charge in [0.25, 0.3) is 0 Å². The van der Waals surface area contributed by atoms with Crippen LogP contribution in [0.15, 0.2) is 61.2 Å². The Kier molecular flexibility index (Phi) is 3.49. The van der Waals surface area contributed by atoms with Gasteiger partial charge >= 0.3 is 0 Å². The maximum absolute atomic E-state index is 5.45. The van der Waals surface area contributed by atoms with Crippen LogP contribution in [0.1, 0.15) is 0 Å². The molecule has 1 heterocycles. The summed E-state index contributed by atoms with van der Waals surface area (Å²) >= 11 is 0. The van der Waals surface area contributed by atoms with Crippen molar-refractivity contribution in [3.05, 3.63) is 61.2 Å². The second-order valence-electron chi connectivity index (χ2n) is 2.74. The van der Waals surface area contributed by atoms with E-state index in [0.717, 1.165) is 11.4 Å². The Hall–Kier alpha value is -2.03. The fraction of sp³-hybridized carbons (Fsp3) is 0. The van der Waals surface area contributed by atoms with Gasteiger partial charge in [-0.15, -0.1) is 0 Å². The molecule has 0 spiro atoms. The summed E-state index contributed by atoms with van der Waals surface area (Å²) in [7, 11) is 0. The van der Waals surface area contributed by atoms with Crippen LogP contribution in [0.4, 0.5) is 5.69 Å². The van der Waals surface area contributed by atoms with Crippen molar-refractivity contribution in [1.29, 1.82) is 0 Å². The normalized spacial score (nSPS) is 10.7. The molecule has 0 saturated heterocycles. The number of aromatic nitrogens is 1. The van der Waals surface area contributed by atoms with Crippen LogP contribution in [0.5, 0.6) is 0 Å². The Morgan fingerprint density at radius 1 is 1.43 bits per heavy atom. The molecule has 0 bridgehead atoms. The molecule has 0 aliphatic carbocycles. The van der Waals surface area contributed by atoms with E-state index >= 15 is 0 Å². The van der Waals surface area contributed by atoms with E-state index in [2.05, 4.69) is 23.5 Å². The van der Waals surface area contributed by atoms with E-state index in [4.69, 9.17) is 5.73 Å². The van der Waals surface area contributed by atoms with E-state index in [0.29, 0.717) is 5.70 Å². The van der Waals surface area contributed by atoms with Gasteiger partial charge in [-0.3, -0.25) is 4.98 Å². The first kappa shape index (κ1) is 10.1. The number of hydrogen-bond acceptors (Lipinski definition) is 3. The third kappa shape index (κ3) is 3.15. The lowest BCUT2D eigenvalue weighted by molar-refractivity contribution is 1.31. The van der Waals surface area contributed by atoms with Crippen LogP contribution in [-0.4, -0.2) is 4.98 Å². The van der Waals surface area contributed by atoms with Crippen molar-refractivity contribution in [2.24, 2.45) is 5.73 Å². The van der Waals surface area contributed by atoms with Gasteiger partial charge in [0.2, 0.25) is 0 Å². The Morgan fingerprint density at radius 3 is 2.57 bits per heavy atom. The first-order valence-corrected chi connectivity index (χ1v) is 4.18. The summed E-state index contributed by atoms with van der Waals surface area (Å²) in [6.45, 7) is 7.25. The summed E-state index contributed by atoms with van der Waals surface area (Å²) in [5.41, 5.74) is 7.69. The highest BCUT2D eigenvalue weighted by Gasteiger charge is 1.92. The topological polar surface area (TPSA) is 50.9 Å². The van der Waals surface area contributed by atoms with Gasteiger partial charge in [0.15, 0.2) is 0 Å². The molecule has 0 amide bonds. The molecule has 3 N–H and O–H groups in total. The summed E-state index contributed by atoms with van der Waals surface area (Å²) in [6.07, 6.45) is 6.81. The molecule has 1 aromatic heterocycles. The standard InChI is InChI=1S/C11H13N3/c1-3-10(8-9(2)12)14-11-4-6-13-7-5-11/h3-8H,1-2,12H2,(H,13,14)/b10-8+. The summed E-state index contributed by atoms with van der Waals surface area (Å²) in [5.74, 6) is 0. The second-order valence-corrected chi connectivity index (χ2v) is 2.74. The van der Waals surface area contributed by atoms with Crippen molar-refractivity contribution < 1.29 is 0 Å². The molecule has 3 nitrogen and oxygen atoms in total. The molecule has 0 atom stereocenters. The van der Waals surface area contributed by atoms with Crippen molar-refractivity contribution in [2.45, 2.75) is 0 Å². The minimum absolute atomic E-state index is 0.487. The molecule has 0 radical (unpaired) electrons. The quantitative estimate of drug-likeness (QED) is 0.709. The van der Waals surface area contributed by atoms with Crippen molar-refractivity contribution in [1.82, 2.24) is 4.98 Å². The zero-order valence-electron chi connectivity index (χ0n) is 7.90. The number of hydrogen-bond donors (Lipinski definition) is 2. The Morgan fingerprint density at radius 2 is 2.07 bits per heavy atom. The maximum Gasteiger partial charge on any atom is 0.0415 e. The molecular weight excluding hydrogens is 174 g/mol. The molecule has 0 saturated carbocycles. The van der Waals surface area contributed by atoms with E-state index < -0.39 is 0 Å². The van der Waals surface area contributed by atoms with Gasteiger partial charge in [-0.1, -0.05) is 13.2 Å². The predicted molar refractivity (Wildman–Crippen MR) is 59.5 cm³/mol. The average Bonchev–Trinajstić information content (AvgIpc) is 2.17. The van der Waals surface area contributed by atoms with Gasteiger partial charge in [-0.05, 0) is 24.3 Å². The molecule has 0 aliphatic rings. The fourth-order valence-corrected chi connectivity index (χ4v) is 0.948. The highest BCUT2D eigenvalue weighted by molar-refractivity contribution is 5.50. The van der Waals surface area contributed by atoms with Gasteiger partial charge < -0.3 is 11.1 Å². The molecule has 0 unspecified atom stereocenters. The van der Waals surface area contributed by atoms with Crippen molar-refractivity contribution in [3.63, 3.8) is 0 Å². The lowest BCUT2D eigenvalue weighted by Gasteiger charge is -2.06. The van der Waals surface area contributed by atoms with Gasteiger partial charge in [-0.2, -0.15) is 0 Å². The number of allylic oxidation sites excluding steroid dienone is 2. The fourth-order valence-electron chi connectivity index (χ4n) is 0.948. The number of nitrogens with one attached hydrogen (secondary N) is 1. The molecule has 72 valence electrons. The predicted octanol–water partition coefficient (Wildman–Crippen LogP) is 2.04. The summed E-state index contributed by atoms with van der Waals surface area (Å²) in [4.78, 5) is 3.91. The van der Waals surface area contributed by atoms with Crippen LogP contribution >= 0.6 is 0 Å². The third-order valence-electron chi connectivity index (χ3n) is 1.53. The first-order valence-electron chi connectivity index (χ1n) is 4.18. The van der Waals surface area contributed by atoms with Gasteiger partial charge in [-0.25, -0.2) is 0 Å². The Bertz CT molecular complexity index is 352. The molecule has 14 heavy (non-hydrogen) atoms. The minimum Gasteiger partial charge on any atom is -0.399 e. The molecule has 3 heteroatoms. The maximum atomic E-state index is 5.45. The molecule has 0 fully saturated rings. The largest absolute Gasteiger partial charge is 0.399 e. The van der Waals surface area contributed by atoms with Gasteiger partial charge in [0, 0.05) is 29.5 Å². The van der Waals surface area contributed by atoms with Crippen LogP contribution in [0.2, 0.25) is 0 Å². The van der Waals surface area contributed by atoms with Gasteiger partial charge in [0.1, 0.15) is 0 Å². The highest BCUT2D eigenvalue weighted by atomic mass is 14.9. The van der Waals surface area contributed by atoms with Crippen molar-refractivity contribution >= 4 is 5.69 Å². The number of anilines is 1. The zero-order chi connectivity index (χ0) is 10.4. The van der Waals surface area contributed by atoms with Crippen molar-refractivity contribution in [2.75, 3.05) is 5.32 Å². The third-order valence-corrected chi connectivity index (χ3v) is 1.53. The van der Waals surface area contributed by atoms with E-state index in [1.165, 1.54) is 0 Å². The first-order chi connectivity index (χ1) is 6.72. The molecule has 1 rings (SSSR count). The zero-order valence-corrected chi connectivity index (χ0v) is 7.90. The van der Waals surface area contributed by atoms with E-state index in [1.54, 1.807) is 24.5 Å². The second kappa shape index (κ2) is 4.87. The van der Waals surface area contributed by atoms with E-state index in [-0.39, 0.29) is 0 Å². The number of nitrogens with two attached hydrogens (primary N) is 1. The van der Waals surface area contributed by atoms with Crippen LogP contribution in [-0.2, 0) is 0 Å². The van der Waals surface area contributed by atoms with Gasteiger partial charge in [0.05, 0.1) is 0 Å². The molecule has 0 aliphatic heterocycles. The van der Waals surface area contributed by atoms with E-state index in [9.17, 15) is 0 Å². The summed E-state index contributed by atoms with van der Waals surface area (Å²) < 4.78 is 0. The number of nitrogens with zero attached hydrogens (tertiary/aromatic N) is 1. The van der Waals surface area contributed by atoms with Crippen LogP contribution in [0, 0.1) is 0 Å². The average molecular weight is 187 g/mol. The van der Waals surface area contributed by atoms with Crippen LogP contribution in [0.3, 0.4) is 0 Å². The number of pyridine rings is 1. The van der Waals surface area contributed by atoms with Crippen LogP contribution in [0.25, 0.3) is 0 Å². The summed E-state index contributed by atoms with van der Waals surface area (Å²) in [5, 5.41) is 3.12. The summed E-state index contributed by atoms with van der Waals surface area (Å²) in [6, 6.07) is 3.72. The highest BCUT2D eigenvalue weighted by Crippen LogP contribution is 2.08. The molecule has 1 aromatic rings. The Balaban J connectivity index is 2.76. The lowest BCUT2D eigenvalue weighted by Crippen LogP contribution is -1.99. The lowest BCUT2D eigenvalue weighted by atomic mass is 10.3. The number of rotatable bonds is 4. The monoisotopic (exact) mass is 187 g/mol. The smallest absolute Gasteiger partial charge is 0.0415 e. The SMILES string of the molecule is C=C/C(=C\C(=C)N)Nc1ccncc1.